The molecular weight excluding hydrogens is 290 g/mol. The third-order valence-electron chi connectivity index (χ3n) is 3.63. The Balaban J connectivity index is 1.89. The van der Waals surface area contributed by atoms with Gasteiger partial charge in [0.05, 0.1) is 0 Å². The van der Waals surface area contributed by atoms with E-state index in [0.717, 1.165) is 17.1 Å². The summed E-state index contributed by atoms with van der Waals surface area (Å²) in [6, 6.07) is 9.69. The number of nitrogens with zero attached hydrogens (tertiary/aromatic N) is 4. The van der Waals surface area contributed by atoms with Crippen LogP contribution in [-0.2, 0) is 0 Å². The van der Waals surface area contributed by atoms with E-state index in [1.165, 1.54) is 5.56 Å². The lowest BCUT2D eigenvalue weighted by atomic mass is 10.0. The number of nitrogens with one attached hydrogen (secondary N) is 1. The monoisotopic (exact) mass is 309 g/mol. The highest BCUT2D eigenvalue weighted by Gasteiger charge is 2.15. The molecule has 0 aliphatic rings. The molecule has 0 atom stereocenters. The standard InChI is InChI=1S/C17H19N5O/c1-10(2)13-6-5-7-14(9-13)19-16(23)15-20-17-18-11(3)8-12(4)22(17)21-15/h5-10H,1-4H3,(H,19,23). The molecule has 118 valence electrons. The van der Waals surface area contributed by atoms with Gasteiger partial charge in [0.25, 0.3) is 11.7 Å². The van der Waals surface area contributed by atoms with Crippen molar-refractivity contribution >= 4 is 17.4 Å². The Hall–Kier alpha value is -2.76. The van der Waals surface area contributed by atoms with Crippen LogP contribution >= 0.6 is 0 Å². The molecule has 0 aliphatic heterocycles. The topological polar surface area (TPSA) is 72.2 Å². The summed E-state index contributed by atoms with van der Waals surface area (Å²) in [5.74, 6) is 0.605. The van der Waals surface area contributed by atoms with E-state index in [2.05, 4.69) is 34.2 Å². The van der Waals surface area contributed by atoms with Crippen LogP contribution in [0.1, 0.15) is 47.3 Å². The number of carbonyl (C=O) groups is 1. The van der Waals surface area contributed by atoms with E-state index in [-0.39, 0.29) is 11.7 Å². The number of amides is 1. The molecule has 0 spiro atoms. The van der Waals surface area contributed by atoms with Crippen molar-refractivity contribution in [2.75, 3.05) is 5.32 Å². The first-order chi connectivity index (χ1) is 10.9. The van der Waals surface area contributed by atoms with Crippen LogP contribution in [0.5, 0.6) is 0 Å². The van der Waals surface area contributed by atoms with E-state index in [9.17, 15) is 4.79 Å². The fourth-order valence-corrected chi connectivity index (χ4v) is 2.43. The van der Waals surface area contributed by atoms with Crippen molar-refractivity contribution in [3.05, 3.63) is 53.1 Å². The van der Waals surface area contributed by atoms with Gasteiger partial charge in [0.15, 0.2) is 0 Å². The number of fused-ring (bicyclic) bond motifs is 1. The number of anilines is 1. The van der Waals surface area contributed by atoms with E-state index < -0.39 is 0 Å². The highest BCUT2D eigenvalue weighted by molar-refractivity contribution is 6.01. The van der Waals surface area contributed by atoms with Crippen molar-refractivity contribution in [3.8, 4) is 0 Å². The van der Waals surface area contributed by atoms with Gasteiger partial charge in [-0.25, -0.2) is 9.50 Å². The van der Waals surface area contributed by atoms with Crippen LogP contribution < -0.4 is 5.32 Å². The van der Waals surface area contributed by atoms with Crippen LogP contribution in [0.15, 0.2) is 30.3 Å². The lowest BCUT2D eigenvalue weighted by Crippen LogP contribution is -2.14. The van der Waals surface area contributed by atoms with Gasteiger partial charge in [0.1, 0.15) is 0 Å². The van der Waals surface area contributed by atoms with Crippen LogP contribution in [-0.4, -0.2) is 25.5 Å². The minimum atomic E-state index is -0.339. The van der Waals surface area contributed by atoms with Crippen LogP contribution in [0.4, 0.5) is 5.69 Å². The number of hydrogen-bond donors (Lipinski definition) is 1. The van der Waals surface area contributed by atoms with Crippen molar-refractivity contribution < 1.29 is 4.79 Å². The van der Waals surface area contributed by atoms with E-state index in [1.807, 2.05) is 44.2 Å². The molecule has 6 heteroatoms. The summed E-state index contributed by atoms with van der Waals surface area (Å²) in [5, 5.41) is 7.08. The van der Waals surface area contributed by atoms with Gasteiger partial charge < -0.3 is 5.32 Å². The smallest absolute Gasteiger partial charge is 0.295 e. The SMILES string of the molecule is Cc1cc(C)n2nc(C(=O)Nc3cccc(C(C)C)c3)nc2n1. The van der Waals surface area contributed by atoms with Crippen molar-refractivity contribution in [1.82, 2.24) is 19.6 Å². The summed E-state index contributed by atoms with van der Waals surface area (Å²) in [6.07, 6.45) is 0. The van der Waals surface area contributed by atoms with Gasteiger partial charge in [0, 0.05) is 17.1 Å². The molecule has 1 amide bonds. The Morgan fingerprint density at radius 3 is 2.70 bits per heavy atom. The quantitative estimate of drug-likeness (QED) is 0.807. The fourth-order valence-electron chi connectivity index (χ4n) is 2.43. The Morgan fingerprint density at radius 2 is 1.96 bits per heavy atom. The van der Waals surface area contributed by atoms with Gasteiger partial charge in [-0.2, -0.15) is 4.98 Å². The molecule has 0 bridgehead atoms. The first kappa shape index (κ1) is 15.1. The van der Waals surface area contributed by atoms with Crippen LogP contribution in [0, 0.1) is 13.8 Å². The molecule has 0 radical (unpaired) electrons. The molecule has 1 N–H and O–H groups in total. The van der Waals surface area contributed by atoms with Gasteiger partial charge in [-0.3, -0.25) is 4.79 Å². The molecule has 6 nitrogen and oxygen atoms in total. The number of rotatable bonds is 3. The van der Waals surface area contributed by atoms with Crippen molar-refractivity contribution in [2.45, 2.75) is 33.6 Å². The van der Waals surface area contributed by atoms with Crippen molar-refractivity contribution in [1.29, 1.82) is 0 Å². The Kier molecular flexibility index (Phi) is 3.82. The Bertz CT molecular complexity index is 882. The third-order valence-corrected chi connectivity index (χ3v) is 3.63. The summed E-state index contributed by atoms with van der Waals surface area (Å²) in [5.41, 5.74) is 3.64. The molecule has 2 aromatic heterocycles. The van der Waals surface area contributed by atoms with Gasteiger partial charge in [-0.1, -0.05) is 26.0 Å². The average Bonchev–Trinajstić information content (AvgIpc) is 2.92. The van der Waals surface area contributed by atoms with Gasteiger partial charge in [-0.15, -0.1) is 5.10 Å². The second-order valence-corrected chi connectivity index (χ2v) is 5.92. The minimum absolute atomic E-state index is 0.112. The normalized spacial score (nSPS) is 11.2. The molecule has 2 heterocycles. The number of benzene rings is 1. The van der Waals surface area contributed by atoms with Crippen molar-refractivity contribution in [3.63, 3.8) is 0 Å². The highest BCUT2D eigenvalue weighted by atomic mass is 16.2. The number of aryl methyl sites for hydroxylation is 2. The highest BCUT2D eigenvalue weighted by Crippen LogP contribution is 2.19. The first-order valence-corrected chi connectivity index (χ1v) is 7.56. The number of aromatic nitrogens is 4. The fraction of sp³-hybridized carbons (Fsp3) is 0.294. The predicted molar refractivity (Wildman–Crippen MR) is 88.7 cm³/mol. The largest absolute Gasteiger partial charge is 0.319 e. The van der Waals surface area contributed by atoms with E-state index in [4.69, 9.17) is 0 Å². The molecule has 0 fully saturated rings. The Morgan fingerprint density at radius 1 is 1.17 bits per heavy atom. The zero-order valence-electron chi connectivity index (χ0n) is 13.7. The summed E-state index contributed by atoms with van der Waals surface area (Å²) >= 11 is 0. The maximum atomic E-state index is 12.4. The molecule has 0 saturated carbocycles. The molecule has 0 unspecified atom stereocenters. The zero-order valence-corrected chi connectivity index (χ0v) is 13.7. The average molecular weight is 309 g/mol. The molecule has 3 aromatic rings. The molecule has 0 saturated heterocycles. The van der Waals surface area contributed by atoms with E-state index in [1.54, 1.807) is 4.52 Å². The lowest BCUT2D eigenvalue weighted by Gasteiger charge is -2.08. The van der Waals surface area contributed by atoms with Gasteiger partial charge in [0.2, 0.25) is 5.82 Å². The third kappa shape index (κ3) is 3.06. The lowest BCUT2D eigenvalue weighted by molar-refractivity contribution is 0.101. The second kappa shape index (κ2) is 5.79. The Labute approximate surface area is 134 Å². The van der Waals surface area contributed by atoms with Crippen LogP contribution in [0.2, 0.25) is 0 Å². The molecular formula is C17H19N5O. The second-order valence-electron chi connectivity index (χ2n) is 5.92. The molecule has 3 rings (SSSR count). The summed E-state index contributed by atoms with van der Waals surface area (Å²) in [7, 11) is 0. The van der Waals surface area contributed by atoms with Gasteiger partial charge >= 0.3 is 0 Å². The summed E-state index contributed by atoms with van der Waals surface area (Å²) in [4.78, 5) is 20.9. The summed E-state index contributed by atoms with van der Waals surface area (Å²) in [6.45, 7) is 8.02. The number of hydrogen-bond acceptors (Lipinski definition) is 4. The molecule has 0 aliphatic carbocycles. The first-order valence-electron chi connectivity index (χ1n) is 7.56. The molecule has 1 aromatic carbocycles. The maximum absolute atomic E-state index is 12.4. The molecule has 23 heavy (non-hydrogen) atoms. The number of carbonyl (C=O) groups excluding carboxylic acids is 1. The van der Waals surface area contributed by atoms with Crippen molar-refractivity contribution in [2.24, 2.45) is 0 Å². The predicted octanol–water partition coefficient (Wildman–Crippen LogP) is 3.12. The summed E-state index contributed by atoms with van der Waals surface area (Å²) < 4.78 is 1.58. The van der Waals surface area contributed by atoms with Crippen LogP contribution in [0.25, 0.3) is 5.78 Å². The zero-order chi connectivity index (χ0) is 16.6. The van der Waals surface area contributed by atoms with E-state index in [0.29, 0.717) is 11.7 Å². The van der Waals surface area contributed by atoms with E-state index >= 15 is 0 Å². The maximum Gasteiger partial charge on any atom is 0.295 e. The van der Waals surface area contributed by atoms with Crippen LogP contribution in [0.3, 0.4) is 0 Å². The minimum Gasteiger partial charge on any atom is -0.319 e. The van der Waals surface area contributed by atoms with Gasteiger partial charge in [-0.05, 0) is 43.5 Å².